The third-order valence-corrected chi connectivity index (χ3v) is 3.03. The first-order chi connectivity index (χ1) is 8.62. The first-order valence-corrected chi connectivity index (χ1v) is 5.59. The molecule has 0 radical (unpaired) electrons. The van der Waals surface area contributed by atoms with Crippen molar-refractivity contribution in [1.82, 2.24) is 14.8 Å². The van der Waals surface area contributed by atoms with Gasteiger partial charge in [-0.05, 0) is 23.8 Å². The van der Waals surface area contributed by atoms with Crippen LogP contribution in [0.25, 0.3) is 11.4 Å². The molecule has 1 fully saturated rings. The first-order valence-electron chi connectivity index (χ1n) is 5.59. The number of halogens is 2. The lowest BCUT2D eigenvalue weighted by atomic mass is 10.2. The largest absolute Gasteiger partial charge is 0.392 e. The van der Waals surface area contributed by atoms with Crippen molar-refractivity contribution < 1.29 is 13.9 Å². The summed E-state index contributed by atoms with van der Waals surface area (Å²) in [7, 11) is 0. The van der Waals surface area contributed by atoms with Crippen LogP contribution < -0.4 is 0 Å². The highest BCUT2D eigenvalue weighted by molar-refractivity contribution is 5.55. The monoisotopic (exact) mass is 251 g/mol. The summed E-state index contributed by atoms with van der Waals surface area (Å²) in [5, 5.41) is 13.0. The number of hydrogen-bond donors (Lipinski definition) is 1. The van der Waals surface area contributed by atoms with Gasteiger partial charge in [-0.3, -0.25) is 9.67 Å². The molecule has 6 heteroatoms. The molecule has 1 unspecified atom stereocenters. The molecule has 2 aromatic rings. The fourth-order valence-electron chi connectivity index (χ4n) is 1.94. The number of aliphatic hydroxyl groups is 1. The Morgan fingerprint density at radius 3 is 2.83 bits per heavy atom. The smallest absolute Gasteiger partial charge is 0.272 e. The van der Waals surface area contributed by atoms with Crippen molar-refractivity contribution in [2.45, 2.75) is 25.0 Å². The van der Waals surface area contributed by atoms with Crippen LogP contribution >= 0.6 is 0 Å². The van der Waals surface area contributed by atoms with E-state index in [-0.39, 0.29) is 13.0 Å². The van der Waals surface area contributed by atoms with E-state index in [2.05, 4.69) is 10.1 Å². The van der Waals surface area contributed by atoms with E-state index in [1.54, 1.807) is 24.4 Å². The second-order valence-corrected chi connectivity index (χ2v) is 4.35. The molecule has 94 valence electrons. The molecule has 2 aromatic heterocycles. The van der Waals surface area contributed by atoms with Crippen molar-refractivity contribution >= 4 is 0 Å². The van der Waals surface area contributed by atoms with Crippen LogP contribution in [0.15, 0.2) is 30.6 Å². The van der Waals surface area contributed by atoms with Gasteiger partial charge in [0.05, 0.1) is 18.0 Å². The fourth-order valence-corrected chi connectivity index (χ4v) is 1.94. The van der Waals surface area contributed by atoms with Gasteiger partial charge in [0.1, 0.15) is 6.04 Å². The molecule has 0 saturated heterocycles. The third kappa shape index (κ3) is 1.78. The lowest BCUT2D eigenvalue weighted by Crippen LogP contribution is -2.06. The summed E-state index contributed by atoms with van der Waals surface area (Å²) in [6.45, 7) is -0.108. The molecule has 1 atom stereocenters. The fraction of sp³-hybridized carbons (Fsp3) is 0.333. The average Bonchev–Trinajstić information content (AvgIpc) is 2.80. The minimum Gasteiger partial charge on any atom is -0.392 e. The van der Waals surface area contributed by atoms with Gasteiger partial charge in [0.25, 0.3) is 5.92 Å². The van der Waals surface area contributed by atoms with Gasteiger partial charge in [0, 0.05) is 18.8 Å². The standard InChI is InChI=1S/C12H11F2N3O/c13-12(14)6-11(12)17-10(2-4-16-17)9-5-8(7-18)1-3-15-9/h1-5,11,18H,6-7H2. The summed E-state index contributed by atoms with van der Waals surface area (Å²) < 4.78 is 27.5. The summed E-state index contributed by atoms with van der Waals surface area (Å²) in [6.07, 6.45) is 2.85. The number of aliphatic hydroxyl groups excluding tert-OH is 1. The maximum Gasteiger partial charge on any atom is 0.272 e. The van der Waals surface area contributed by atoms with E-state index in [9.17, 15) is 8.78 Å². The molecule has 18 heavy (non-hydrogen) atoms. The van der Waals surface area contributed by atoms with E-state index < -0.39 is 12.0 Å². The number of alkyl halides is 2. The van der Waals surface area contributed by atoms with Gasteiger partial charge < -0.3 is 5.11 Å². The number of rotatable bonds is 3. The Kier molecular flexibility index (Phi) is 2.41. The molecule has 0 bridgehead atoms. The lowest BCUT2D eigenvalue weighted by molar-refractivity contribution is 0.0986. The highest BCUT2D eigenvalue weighted by Crippen LogP contribution is 2.53. The van der Waals surface area contributed by atoms with E-state index in [4.69, 9.17) is 5.11 Å². The second kappa shape index (κ2) is 3.84. The molecule has 2 heterocycles. The Morgan fingerprint density at radius 2 is 2.17 bits per heavy atom. The van der Waals surface area contributed by atoms with Crippen LogP contribution in [0.4, 0.5) is 8.78 Å². The number of nitrogens with zero attached hydrogens (tertiary/aromatic N) is 3. The van der Waals surface area contributed by atoms with E-state index in [0.29, 0.717) is 17.0 Å². The Hall–Kier alpha value is -1.82. The predicted octanol–water partition coefficient (Wildman–Crippen LogP) is 2.02. The maximum atomic E-state index is 13.1. The van der Waals surface area contributed by atoms with Crippen LogP contribution in [0.1, 0.15) is 18.0 Å². The molecule has 4 nitrogen and oxygen atoms in total. The van der Waals surface area contributed by atoms with Crippen molar-refractivity contribution in [3.05, 3.63) is 36.2 Å². The Bertz CT molecular complexity index is 582. The van der Waals surface area contributed by atoms with Gasteiger partial charge >= 0.3 is 0 Å². The van der Waals surface area contributed by atoms with Crippen LogP contribution in [-0.2, 0) is 6.61 Å². The molecule has 1 saturated carbocycles. The minimum absolute atomic E-state index is 0.108. The zero-order valence-corrected chi connectivity index (χ0v) is 9.42. The van der Waals surface area contributed by atoms with Gasteiger partial charge in [-0.15, -0.1) is 0 Å². The summed E-state index contributed by atoms with van der Waals surface area (Å²) in [5.74, 6) is -2.67. The summed E-state index contributed by atoms with van der Waals surface area (Å²) in [5.41, 5.74) is 1.78. The normalized spacial score (nSPS) is 20.9. The Balaban J connectivity index is 2.00. The Labute approximate surface area is 102 Å². The Morgan fingerprint density at radius 1 is 1.39 bits per heavy atom. The number of aromatic nitrogens is 3. The molecule has 3 rings (SSSR count). The lowest BCUT2D eigenvalue weighted by Gasteiger charge is -2.06. The SMILES string of the molecule is OCc1ccnc(-c2ccnn2C2CC2(F)F)c1. The molecule has 0 spiro atoms. The van der Waals surface area contributed by atoms with Crippen molar-refractivity contribution in [3.8, 4) is 11.4 Å². The van der Waals surface area contributed by atoms with E-state index >= 15 is 0 Å². The molecule has 1 aliphatic carbocycles. The molecule has 0 amide bonds. The molecule has 0 aromatic carbocycles. The van der Waals surface area contributed by atoms with E-state index in [1.807, 2.05) is 0 Å². The highest BCUT2D eigenvalue weighted by atomic mass is 19.3. The van der Waals surface area contributed by atoms with Crippen LogP contribution in [0.3, 0.4) is 0 Å². The highest BCUT2D eigenvalue weighted by Gasteiger charge is 2.59. The van der Waals surface area contributed by atoms with Gasteiger partial charge in [-0.25, -0.2) is 8.78 Å². The van der Waals surface area contributed by atoms with Gasteiger partial charge in [-0.2, -0.15) is 5.10 Å². The van der Waals surface area contributed by atoms with Crippen LogP contribution in [0.5, 0.6) is 0 Å². The van der Waals surface area contributed by atoms with Gasteiger partial charge in [0.2, 0.25) is 0 Å². The van der Waals surface area contributed by atoms with E-state index in [1.165, 1.54) is 10.9 Å². The number of pyridine rings is 1. The average molecular weight is 251 g/mol. The third-order valence-electron chi connectivity index (χ3n) is 3.03. The quantitative estimate of drug-likeness (QED) is 0.907. The zero-order chi connectivity index (χ0) is 12.8. The zero-order valence-electron chi connectivity index (χ0n) is 9.42. The van der Waals surface area contributed by atoms with Crippen LogP contribution in [-0.4, -0.2) is 25.8 Å². The topological polar surface area (TPSA) is 50.9 Å². The maximum absolute atomic E-state index is 13.1. The van der Waals surface area contributed by atoms with Gasteiger partial charge in [0.15, 0.2) is 0 Å². The van der Waals surface area contributed by atoms with Crippen molar-refractivity contribution in [3.63, 3.8) is 0 Å². The van der Waals surface area contributed by atoms with E-state index in [0.717, 1.165) is 0 Å². The van der Waals surface area contributed by atoms with Crippen LogP contribution in [0.2, 0.25) is 0 Å². The number of hydrogen-bond acceptors (Lipinski definition) is 3. The minimum atomic E-state index is -2.67. The second-order valence-electron chi connectivity index (χ2n) is 4.35. The molecule has 0 aliphatic heterocycles. The molecule has 1 N–H and O–H groups in total. The van der Waals surface area contributed by atoms with Gasteiger partial charge in [-0.1, -0.05) is 0 Å². The predicted molar refractivity (Wildman–Crippen MR) is 60.0 cm³/mol. The summed E-state index contributed by atoms with van der Waals surface area (Å²) in [4.78, 5) is 4.13. The van der Waals surface area contributed by atoms with Crippen molar-refractivity contribution in [2.24, 2.45) is 0 Å². The van der Waals surface area contributed by atoms with Crippen LogP contribution in [0, 0.1) is 0 Å². The molecule has 1 aliphatic rings. The first kappa shape index (κ1) is 11.3. The molecular formula is C12H11F2N3O. The summed E-state index contributed by atoms with van der Waals surface area (Å²) in [6, 6.07) is 4.13. The van der Waals surface area contributed by atoms with Crippen molar-refractivity contribution in [2.75, 3.05) is 0 Å². The molecular weight excluding hydrogens is 240 g/mol. The van der Waals surface area contributed by atoms with Crippen molar-refractivity contribution in [1.29, 1.82) is 0 Å². The summed E-state index contributed by atoms with van der Waals surface area (Å²) >= 11 is 0.